The first-order valence-corrected chi connectivity index (χ1v) is 6.90. The first kappa shape index (κ1) is 14.4. The van der Waals surface area contributed by atoms with Crippen molar-refractivity contribution in [2.75, 3.05) is 10.6 Å². The average Bonchev–Trinajstić information content (AvgIpc) is 3.26. The number of hydrogen-bond acceptors (Lipinski definition) is 4. The Bertz CT molecular complexity index is 731. The number of hydrogen-bond donors (Lipinski definition) is 2. The standard InChI is InChI=1S/C15H14F2N4O/c1-8-6-13(21-15(18-8)20-9-2-3-9)14(22)19-10-4-5-11(16)12(17)7-10/h4-7,9H,2-3H2,1H3,(H,19,22)(H,18,20,21). The Morgan fingerprint density at radius 2 is 1.95 bits per heavy atom. The molecule has 0 aliphatic heterocycles. The third-order valence-corrected chi connectivity index (χ3v) is 3.17. The van der Waals surface area contributed by atoms with E-state index in [9.17, 15) is 13.6 Å². The van der Waals surface area contributed by atoms with Crippen molar-refractivity contribution in [1.29, 1.82) is 0 Å². The van der Waals surface area contributed by atoms with Crippen LogP contribution in [0.2, 0.25) is 0 Å². The van der Waals surface area contributed by atoms with Crippen molar-refractivity contribution in [1.82, 2.24) is 9.97 Å². The molecule has 22 heavy (non-hydrogen) atoms. The highest BCUT2D eigenvalue weighted by Gasteiger charge is 2.22. The molecule has 0 radical (unpaired) electrons. The lowest BCUT2D eigenvalue weighted by Gasteiger charge is -2.08. The molecule has 1 aromatic heterocycles. The number of anilines is 2. The summed E-state index contributed by atoms with van der Waals surface area (Å²) in [6.45, 7) is 1.76. The zero-order valence-corrected chi connectivity index (χ0v) is 11.9. The highest BCUT2D eigenvalue weighted by Crippen LogP contribution is 2.23. The fourth-order valence-corrected chi connectivity index (χ4v) is 1.93. The summed E-state index contributed by atoms with van der Waals surface area (Å²) in [6.07, 6.45) is 2.13. The van der Waals surface area contributed by atoms with E-state index in [2.05, 4.69) is 20.6 Å². The van der Waals surface area contributed by atoms with Gasteiger partial charge in [-0.2, -0.15) is 0 Å². The number of rotatable bonds is 4. The molecule has 3 rings (SSSR count). The lowest BCUT2D eigenvalue weighted by Crippen LogP contribution is -2.16. The van der Waals surface area contributed by atoms with Crippen molar-refractivity contribution in [3.05, 3.63) is 47.3 Å². The van der Waals surface area contributed by atoms with Gasteiger partial charge in [0, 0.05) is 23.5 Å². The number of benzene rings is 1. The smallest absolute Gasteiger partial charge is 0.274 e. The third-order valence-electron chi connectivity index (χ3n) is 3.17. The lowest BCUT2D eigenvalue weighted by molar-refractivity contribution is 0.102. The molecule has 0 bridgehead atoms. The molecule has 1 saturated carbocycles. The van der Waals surface area contributed by atoms with Crippen LogP contribution in [0.5, 0.6) is 0 Å². The molecule has 0 spiro atoms. The van der Waals surface area contributed by atoms with Crippen LogP contribution in [0.25, 0.3) is 0 Å². The molecule has 7 heteroatoms. The Kier molecular flexibility index (Phi) is 3.70. The molecule has 0 unspecified atom stereocenters. The lowest BCUT2D eigenvalue weighted by atomic mass is 10.2. The van der Waals surface area contributed by atoms with Gasteiger partial charge in [-0.15, -0.1) is 0 Å². The highest BCUT2D eigenvalue weighted by molar-refractivity contribution is 6.03. The molecule has 1 heterocycles. The molecule has 1 amide bonds. The zero-order valence-electron chi connectivity index (χ0n) is 11.9. The number of nitrogens with one attached hydrogen (secondary N) is 2. The molecule has 114 valence electrons. The van der Waals surface area contributed by atoms with Crippen molar-refractivity contribution in [2.45, 2.75) is 25.8 Å². The number of halogens is 2. The fraction of sp³-hybridized carbons (Fsp3) is 0.267. The fourth-order valence-electron chi connectivity index (χ4n) is 1.93. The van der Waals surface area contributed by atoms with Gasteiger partial charge in [0.05, 0.1) is 0 Å². The van der Waals surface area contributed by atoms with E-state index in [1.807, 2.05) is 0 Å². The van der Waals surface area contributed by atoms with E-state index in [-0.39, 0.29) is 11.4 Å². The first-order chi connectivity index (χ1) is 10.5. The summed E-state index contributed by atoms with van der Waals surface area (Å²) in [7, 11) is 0. The molecule has 0 atom stereocenters. The van der Waals surface area contributed by atoms with Crippen LogP contribution in [0, 0.1) is 18.6 Å². The zero-order chi connectivity index (χ0) is 15.7. The Labute approximate surface area is 125 Å². The van der Waals surface area contributed by atoms with Crippen LogP contribution in [-0.2, 0) is 0 Å². The minimum Gasteiger partial charge on any atom is -0.351 e. The second-order valence-electron chi connectivity index (χ2n) is 5.22. The van der Waals surface area contributed by atoms with Crippen molar-refractivity contribution < 1.29 is 13.6 Å². The van der Waals surface area contributed by atoms with E-state index in [1.165, 1.54) is 12.1 Å². The summed E-state index contributed by atoms with van der Waals surface area (Å²) in [4.78, 5) is 20.5. The number of carbonyl (C=O) groups is 1. The van der Waals surface area contributed by atoms with Gasteiger partial charge >= 0.3 is 0 Å². The van der Waals surface area contributed by atoms with Crippen LogP contribution >= 0.6 is 0 Å². The van der Waals surface area contributed by atoms with Crippen molar-refractivity contribution in [2.24, 2.45) is 0 Å². The molecule has 0 saturated heterocycles. The van der Waals surface area contributed by atoms with Gasteiger partial charge in [0.1, 0.15) is 5.69 Å². The maximum atomic E-state index is 13.1. The molecule has 1 aliphatic carbocycles. The summed E-state index contributed by atoms with van der Waals surface area (Å²) in [5.41, 5.74) is 0.978. The normalized spacial score (nSPS) is 13.8. The number of aryl methyl sites for hydroxylation is 1. The van der Waals surface area contributed by atoms with Crippen molar-refractivity contribution in [3.63, 3.8) is 0 Å². The molecule has 2 aromatic rings. The molecule has 1 fully saturated rings. The van der Waals surface area contributed by atoms with Gasteiger partial charge in [-0.3, -0.25) is 4.79 Å². The van der Waals surface area contributed by atoms with Crippen LogP contribution in [-0.4, -0.2) is 21.9 Å². The summed E-state index contributed by atoms with van der Waals surface area (Å²) in [6, 6.07) is 5.06. The molecule has 1 aliphatic rings. The Morgan fingerprint density at radius 1 is 1.18 bits per heavy atom. The monoisotopic (exact) mass is 304 g/mol. The van der Waals surface area contributed by atoms with Crippen LogP contribution in [0.3, 0.4) is 0 Å². The summed E-state index contributed by atoms with van der Waals surface area (Å²) in [5, 5.41) is 5.61. The van der Waals surface area contributed by atoms with Gasteiger partial charge in [-0.05, 0) is 38.0 Å². The van der Waals surface area contributed by atoms with E-state index in [4.69, 9.17) is 0 Å². The van der Waals surface area contributed by atoms with Gasteiger partial charge in [0.25, 0.3) is 5.91 Å². The van der Waals surface area contributed by atoms with Crippen LogP contribution in [0.15, 0.2) is 24.3 Å². The van der Waals surface area contributed by atoms with Crippen LogP contribution < -0.4 is 10.6 Å². The largest absolute Gasteiger partial charge is 0.351 e. The Balaban J connectivity index is 1.78. The Hall–Kier alpha value is -2.57. The van der Waals surface area contributed by atoms with E-state index < -0.39 is 17.5 Å². The van der Waals surface area contributed by atoms with Gasteiger partial charge in [0.2, 0.25) is 5.95 Å². The number of nitrogens with zero attached hydrogens (tertiary/aromatic N) is 2. The number of carbonyl (C=O) groups excluding carboxylic acids is 1. The average molecular weight is 304 g/mol. The quantitative estimate of drug-likeness (QED) is 0.911. The third kappa shape index (κ3) is 3.36. The maximum absolute atomic E-state index is 13.1. The van der Waals surface area contributed by atoms with E-state index in [0.717, 1.165) is 25.0 Å². The maximum Gasteiger partial charge on any atom is 0.274 e. The van der Waals surface area contributed by atoms with Crippen LogP contribution in [0.4, 0.5) is 20.4 Å². The Morgan fingerprint density at radius 3 is 2.64 bits per heavy atom. The number of amides is 1. The highest BCUT2D eigenvalue weighted by atomic mass is 19.2. The van der Waals surface area contributed by atoms with E-state index in [0.29, 0.717) is 17.7 Å². The van der Waals surface area contributed by atoms with Gasteiger partial charge in [-0.1, -0.05) is 0 Å². The SMILES string of the molecule is Cc1cc(C(=O)Nc2ccc(F)c(F)c2)nc(NC2CC2)n1. The van der Waals surface area contributed by atoms with Gasteiger partial charge in [0.15, 0.2) is 11.6 Å². The topological polar surface area (TPSA) is 66.9 Å². The molecule has 5 nitrogen and oxygen atoms in total. The second-order valence-corrected chi connectivity index (χ2v) is 5.22. The van der Waals surface area contributed by atoms with Gasteiger partial charge in [-0.25, -0.2) is 18.7 Å². The van der Waals surface area contributed by atoms with E-state index >= 15 is 0 Å². The summed E-state index contributed by atoms with van der Waals surface area (Å²) < 4.78 is 26.0. The summed E-state index contributed by atoms with van der Waals surface area (Å²) in [5.74, 6) is -2.09. The molecule has 2 N–H and O–H groups in total. The van der Waals surface area contributed by atoms with Crippen LogP contribution in [0.1, 0.15) is 29.0 Å². The van der Waals surface area contributed by atoms with Gasteiger partial charge < -0.3 is 10.6 Å². The molecule has 1 aromatic carbocycles. The summed E-state index contributed by atoms with van der Waals surface area (Å²) >= 11 is 0. The van der Waals surface area contributed by atoms with Crippen molar-refractivity contribution in [3.8, 4) is 0 Å². The van der Waals surface area contributed by atoms with Crippen molar-refractivity contribution >= 4 is 17.5 Å². The predicted octanol–water partition coefficient (Wildman–Crippen LogP) is 2.89. The minimum absolute atomic E-state index is 0.164. The number of aromatic nitrogens is 2. The molecular formula is C15H14F2N4O. The predicted molar refractivity (Wildman–Crippen MR) is 77.7 cm³/mol. The molecular weight excluding hydrogens is 290 g/mol. The van der Waals surface area contributed by atoms with E-state index in [1.54, 1.807) is 6.92 Å². The second kappa shape index (κ2) is 5.67. The first-order valence-electron chi connectivity index (χ1n) is 6.90. The minimum atomic E-state index is -1.02.